The van der Waals surface area contributed by atoms with Gasteiger partial charge in [0.1, 0.15) is 5.76 Å². The van der Waals surface area contributed by atoms with Crippen LogP contribution in [0.5, 0.6) is 0 Å². The van der Waals surface area contributed by atoms with E-state index in [4.69, 9.17) is 10.3 Å². The van der Waals surface area contributed by atoms with Gasteiger partial charge >= 0.3 is 0 Å². The number of halogens is 1. The highest BCUT2D eigenvalue weighted by atomic mass is 79.9. The first-order valence-electron chi connectivity index (χ1n) is 4.66. The van der Waals surface area contributed by atoms with Crippen molar-refractivity contribution in [1.82, 2.24) is 5.16 Å². The predicted octanol–water partition coefficient (Wildman–Crippen LogP) is 2.49. The highest BCUT2D eigenvalue weighted by Gasteiger charge is 2.06. The minimum atomic E-state index is 0.468. The van der Waals surface area contributed by atoms with E-state index in [1.165, 1.54) is 5.56 Å². The number of aromatic nitrogens is 1. The number of nitrogens with zero attached hydrogens (tertiary/aromatic N) is 1. The molecular formula is C11H11BrN2O. The third-order valence-electron chi connectivity index (χ3n) is 2.23. The monoisotopic (exact) mass is 266 g/mol. The van der Waals surface area contributed by atoms with Crippen LogP contribution in [-0.2, 0) is 13.0 Å². The molecule has 15 heavy (non-hydrogen) atoms. The average Bonchev–Trinajstić information content (AvgIpc) is 2.69. The van der Waals surface area contributed by atoms with Crippen molar-refractivity contribution >= 4 is 15.9 Å². The molecule has 0 radical (unpaired) electrons. The van der Waals surface area contributed by atoms with Crippen LogP contribution < -0.4 is 5.73 Å². The Bertz CT molecular complexity index is 436. The molecule has 0 atom stereocenters. The van der Waals surface area contributed by atoms with Crippen LogP contribution in [0, 0.1) is 0 Å². The summed E-state index contributed by atoms with van der Waals surface area (Å²) in [5, 5.41) is 3.74. The van der Waals surface area contributed by atoms with E-state index < -0.39 is 0 Å². The van der Waals surface area contributed by atoms with E-state index in [2.05, 4.69) is 21.1 Å². The fourth-order valence-electron chi connectivity index (χ4n) is 1.38. The molecule has 0 saturated heterocycles. The van der Waals surface area contributed by atoms with Crippen molar-refractivity contribution in [2.75, 3.05) is 0 Å². The van der Waals surface area contributed by atoms with Gasteiger partial charge in [-0.15, -0.1) is 0 Å². The predicted molar refractivity (Wildman–Crippen MR) is 61.3 cm³/mol. The molecule has 0 aliphatic carbocycles. The molecule has 0 bridgehead atoms. The van der Waals surface area contributed by atoms with Crippen molar-refractivity contribution in [1.29, 1.82) is 0 Å². The molecule has 1 aromatic carbocycles. The molecule has 1 heterocycles. The maximum Gasteiger partial charge on any atom is 0.145 e. The lowest BCUT2D eigenvalue weighted by molar-refractivity contribution is 0.388. The molecule has 0 spiro atoms. The standard InChI is InChI=1S/C11H11BrN2O/c12-10-3-1-8(2-4-10)5-11-9(6-13)7-14-15-11/h1-4,7H,5-6,13H2. The fourth-order valence-corrected chi connectivity index (χ4v) is 1.65. The molecule has 78 valence electrons. The zero-order chi connectivity index (χ0) is 10.7. The third kappa shape index (κ3) is 2.46. The fraction of sp³-hybridized carbons (Fsp3) is 0.182. The van der Waals surface area contributed by atoms with Crippen molar-refractivity contribution < 1.29 is 4.52 Å². The Morgan fingerprint density at radius 1 is 1.27 bits per heavy atom. The average molecular weight is 267 g/mol. The Kier molecular flexibility index (Phi) is 3.18. The molecule has 0 aliphatic heterocycles. The summed E-state index contributed by atoms with van der Waals surface area (Å²) in [7, 11) is 0. The number of hydrogen-bond acceptors (Lipinski definition) is 3. The summed E-state index contributed by atoms with van der Waals surface area (Å²) in [5.41, 5.74) is 7.72. The van der Waals surface area contributed by atoms with Gasteiger partial charge in [0.15, 0.2) is 0 Å². The van der Waals surface area contributed by atoms with Crippen molar-refractivity contribution in [3.05, 3.63) is 51.8 Å². The van der Waals surface area contributed by atoms with Gasteiger partial charge in [0.2, 0.25) is 0 Å². The van der Waals surface area contributed by atoms with Gasteiger partial charge in [-0.2, -0.15) is 0 Å². The molecule has 2 rings (SSSR count). The molecule has 3 nitrogen and oxygen atoms in total. The third-order valence-corrected chi connectivity index (χ3v) is 2.76. The summed E-state index contributed by atoms with van der Waals surface area (Å²) in [5.74, 6) is 0.847. The Labute approximate surface area is 96.4 Å². The van der Waals surface area contributed by atoms with E-state index >= 15 is 0 Å². The zero-order valence-electron chi connectivity index (χ0n) is 8.11. The lowest BCUT2D eigenvalue weighted by Gasteiger charge is -1.99. The number of rotatable bonds is 3. The first-order chi connectivity index (χ1) is 7.29. The van der Waals surface area contributed by atoms with Crippen LogP contribution in [-0.4, -0.2) is 5.16 Å². The van der Waals surface area contributed by atoms with Gasteiger partial charge in [-0.25, -0.2) is 0 Å². The molecule has 2 aromatic rings. The molecule has 0 aliphatic rings. The summed E-state index contributed by atoms with van der Waals surface area (Å²) in [6.45, 7) is 0.468. The second kappa shape index (κ2) is 4.59. The SMILES string of the molecule is NCc1cnoc1Cc1ccc(Br)cc1. The van der Waals surface area contributed by atoms with E-state index in [9.17, 15) is 0 Å². The van der Waals surface area contributed by atoms with Gasteiger partial charge < -0.3 is 10.3 Å². The van der Waals surface area contributed by atoms with Crippen LogP contribution in [0.15, 0.2) is 39.5 Å². The highest BCUT2D eigenvalue weighted by Crippen LogP contribution is 2.16. The largest absolute Gasteiger partial charge is 0.361 e. The summed E-state index contributed by atoms with van der Waals surface area (Å²) in [6.07, 6.45) is 2.41. The first kappa shape index (κ1) is 10.4. The second-order valence-corrected chi connectivity index (χ2v) is 4.20. The Morgan fingerprint density at radius 2 is 2.00 bits per heavy atom. The first-order valence-corrected chi connectivity index (χ1v) is 5.46. The molecule has 0 amide bonds. The summed E-state index contributed by atoms with van der Waals surface area (Å²) in [6, 6.07) is 8.11. The van der Waals surface area contributed by atoms with Crippen LogP contribution in [0.25, 0.3) is 0 Å². The minimum Gasteiger partial charge on any atom is -0.361 e. The summed E-state index contributed by atoms with van der Waals surface area (Å²) >= 11 is 3.40. The van der Waals surface area contributed by atoms with Crippen molar-refractivity contribution in [3.63, 3.8) is 0 Å². The zero-order valence-corrected chi connectivity index (χ0v) is 9.70. The quantitative estimate of drug-likeness (QED) is 0.929. The summed E-state index contributed by atoms with van der Waals surface area (Å²) < 4.78 is 6.22. The lowest BCUT2D eigenvalue weighted by atomic mass is 10.1. The maximum atomic E-state index is 5.57. The molecular weight excluding hydrogens is 256 g/mol. The van der Waals surface area contributed by atoms with Crippen LogP contribution in [0.4, 0.5) is 0 Å². The van der Waals surface area contributed by atoms with E-state index in [-0.39, 0.29) is 0 Å². The smallest absolute Gasteiger partial charge is 0.145 e. The van der Waals surface area contributed by atoms with E-state index in [1.807, 2.05) is 24.3 Å². The Morgan fingerprint density at radius 3 is 2.67 bits per heavy atom. The van der Waals surface area contributed by atoms with Crippen molar-refractivity contribution in [2.45, 2.75) is 13.0 Å². The molecule has 4 heteroatoms. The molecule has 0 fully saturated rings. The molecule has 0 unspecified atom stereocenters. The lowest BCUT2D eigenvalue weighted by Crippen LogP contribution is -1.98. The number of benzene rings is 1. The van der Waals surface area contributed by atoms with Crippen LogP contribution in [0.3, 0.4) is 0 Å². The van der Waals surface area contributed by atoms with Crippen molar-refractivity contribution in [3.8, 4) is 0 Å². The molecule has 2 N–H and O–H groups in total. The van der Waals surface area contributed by atoms with Crippen LogP contribution >= 0.6 is 15.9 Å². The number of nitrogens with two attached hydrogens (primary N) is 1. The highest BCUT2D eigenvalue weighted by molar-refractivity contribution is 9.10. The molecule has 0 saturated carbocycles. The van der Waals surface area contributed by atoms with Gasteiger partial charge in [0.05, 0.1) is 6.20 Å². The maximum absolute atomic E-state index is 5.57. The van der Waals surface area contributed by atoms with E-state index in [1.54, 1.807) is 6.20 Å². The normalized spacial score (nSPS) is 10.5. The Hall–Kier alpha value is -1.13. The molecule has 1 aromatic heterocycles. The van der Waals surface area contributed by atoms with Gasteiger partial charge in [-0.05, 0) is 17.7 Å². The summed E-state index contributed by atoms with van der Waals surface area (Å²) in [4.78, 5) is 0. The number of hydrogen-bond donors (Lipinski definition) is 1. The van der Waals surface area contributed by atoms with Crippen molar-refractivity contribution in [2.24, 2.45) is 5.73 Å². The van der Waals surface area contributed by atoms with E-state index in [0.717, 1.165) is 22.2 Å². The van der Waals surface area contributed by atoms with E-state index in [0.29, 0.717) is 6.54 Å². The van der Waals surface area contributed by atoms with Gasteiger partial charge in [0, 0.05) is 23.0 Å². The van der Waals surface area contributed by atoms with Gasteiger partial charge in [-0.1, -0.05) is 33.2 Å². The van der Waals surface area contributed by atoms with Crippen LogP contribution in [0.2, 0.25) is 0 Å². The minimum absolute atomic E-state index is 0.468. The van der Waals surface area contributed by atoms with Gasteiger partial charge in [-0.3, -0.25) is 0 Å². The van der Waals surface area contributed by atoms with Crippen LogP contribution in [0.1, 0.15) is 16.9 Å². The Balaban J connectivity index is 2.18. The second-order valence-electron chi connectivity index (χ2n) is 3.28. The van der Waals surface area contributed by atoms with Gasteiger partial charge in [0.25, 0.3) is 0 Å². The topological polar surface area (TPSA) is 52.0 Å².